The van der Waals surface area contributed by atoms with Gasteiger partial charge in [-0.3, -0.25) is 14.7 Å². The van der Waals surface area contributed by atoms with Crippen molar-refractivity contribution in [2.75, 3.05) is 5.32 Å². The van der Waals surface area contributed by atoms with Gasteiger partial charge in [-0.25, -0.2) is 4.39 Å². The van der Waals surface area contributed by atoms with Gasteiger partial charge in [-0.1, -0.05) is 31.1 Å². The van der Waals surface area contributed by atoms with Crippen LogP contribution in [0.4, 0.5) is 9.52 Å². The molecule has 0 atom stereocenters. The Balaban J connectivity index is 1.77. The average Bonchev–Trinajstić information content (AvgIpc) is 3.22. The van der Waals surface area contributed by atoms with Crippen LogP contribution in [0.1, 0.15) is 41.7 Å². The summed E-state index contributed by atoms with van der Waals surface area (Å²) in [6.07, 6.45) is 5.72. The first-order valence-corrected chi connectivity index (χ1v) is 9.51. The number of nitrogens with one attached hydrogen (secondary N) is 2. The topological polar surface area (TPSA) is 75.6 Å². The quantitative estimate of drug-likeness (QED) is 0.459. The Morgan fingerprint density at radius 1 is 1.31 bits per heavy atom. The van der Waals surface area contributed by atoms with Gasteiger partial charge in [-0.2, -0.15) is 0 Å². The molecule has 0 saturated heterocycles. The highest BCUT2D eigenvalue weighted by atomic mass is 32.1. The molecule has 0 spiro atoms. The van der Waals surface area contributed by atoms with Gasteiger partial charge in [0.1, 0.15) is 16.5 Å². The molecule has 136 valence electrons. The summed E-state index contributed by atoms with van der Waals surface area (Å²) in [7, 11) is 0. The van der Waals surface area contributed by atoms with Crippen molar-refractivity contribution in [2.45, 2.75) is 32.6 Å². The molecule has 6 nitrogen and oxygen atoms in total. The number of hydrogen-bond donors (Lipinski definition) is 2. The van der Waals surface area contributed by atoms with Gasteiger partial charge in [0, 0.05) is 18.3 Å². The normalized spacial score (nSPS) is 10.8. The minimum atomic E-state index is -0.363. The number of nitrogens with zero attached hydrogens (tertiary/aromatic N) is 3. The van der Waals surface area contributed by atoms with Gasteiger partial charge in [-0.15, -0.1) is 10.2 Å². The van der Waals surface area contributed by atoms with Crippen LogP contribution in [0, 0.1) is 10.6 Å². The molecule has 0 unspecified atom stereocenters. The molecule has 0 aliphatic rings. The minimum absolute atomic E-state index is 0.310. The largest absolute Gasteiger partial charge is 0.336 e. The average molecular weight is 391 g/mol. The van der Waals surface area contributed by atoms with Crippen molar-refractivity contribution in [1.82, 2.24) is 19.7 Å². The monoisotopic (exact) mass is 391 g/mol. The molecule has 0 aliphatic heterocycles. The van der Waals surface area contributed by atoms with E-state index in [9.17, 15) is 9.18 Å². The van der Waals surface area contributed by atoms with Crippen LogP contribution in [0.15, 0.2) is 30.5 Å². The number of benzene rings is 1. The summed E-state index contributed by atoms with van der Waals surface area (Å²) in [5.41, 5.74) is 0.907. The summed E-state index contributed by atoms with van der Waals surface area (Å²) >= 11 is 6.61. The number of anilines is 1. The third-order valence-corrected chi connectivity index (χ3v) is 4.97. The molecule has 1 amide bonds. The highest BCUT2D eigenvalue weighted by Crippen LogP contribution is 2.20. The van der Waals surface area contributed by atoms with E-state index in [1.54, 1.807) is 16.7 Å². The third kappa shape index (κ3) is 4.23. The molecular weight excluding hydrogens is 373 g/mol. The molecule has 1 aromatic carbocycles. The molecule has 3 rings (SSSR count). The Kier molecular flexibility index (Phi) is 5.89. The molecule has 26 heavy (non-hydrogen) atoms. The van der Waals surface area contributed by atoms with E-state index in [0.717, 1.165) is 30.7 Å². The number of aromatic amines is 1. The van der Waals surface area contributed by atoms with Gasteiger partial charge in [0.2, 0.25) is 5.13 Å². The molecule has 2 aromatic heterocycles. The second-order valence-corrected chi connectivity index (χ2v) is 7.15. The number of aryl methyl sites for hydroxylation is 1. The Bertz CT molecular complexity index is 945. The zero-order valence-electron chi connectivity index (χ0n) is 14.2. The number of aromatic nitrogens is 4. The van der Waals surface area contributed by atoms with E-state index in [0.29, 0.717) is 21.3 Å². The number of carbonyl (C=O) groups excluding carboxylic acids is 1. The van der Waals surface area contributed by atoms with Crippen molar-refractivity contribution in [3.8, 4) is 5.69 Å². The summed E-state index contributed by atoms with van der Waals surface area (Å²) in [5.74, 6) is -0.718. The number of imidazole rings is 1. The Hall–Kier alpha value is -2.39. The number of carbonyl (C=O) groups is 1. The number of rotatable bonds is 7. The van der Waals surface area contributed by atoms with Gasteiger partial charge in [-0.05, 0) is 42.9 Å². The lowest BCUT2D eigenvalue weighted by atomic mass is 10.2. The molecule has 0 radical (unpaired) electrons. The first kappa shape index (κ1) is 18.4. The van der Waals surface area contributed by atoms with Gasteiger partial charge in [0.15, 0.2) is 4.77 Å². The Labute approximate surface area is 159 Å². The highest BCUT2D eigenvalue weighted by Gasteiger charge is 2.16. The summed E-state index contributed by atoms with van der Waals surface area (Å²) in [6, 6.07) is 5.76. The van der Waals surface area contributed by atoms with Crippen molar-refractivity contribution in [1.29, 1.82) is 0 Å². The molecule has 2 N–H and O–H groups in total. The van der Waals surface area contributed by atoms with E-state index in [2.05, 4.69) is 27.4 Å². The zero-order valence-corrected chi connectivity index (χ0v) is 15.8. The highest BCUT2D eigenvalue weighted by molar-refractivity contribution is 7.71. The van der Waals surface area contributed by atoms with Crippen LogP contribution in [0.2, 0.25) is 0 Å². The fraction of sp³-hybridized carbons (Fsp3) is 0.294. The van der Waals surface area contributed by atoms with Crippen LogP contribution >= 0.6 is 23.6 Å². The van der Waals surface area contributed by atoms with Crippen LogP contribution in [0.5, 0.6) is 0 Å². The van der Waals surface area contributed by atoms with Crippen molar-refractivity contribution >= 4 is 34.6 Å². The first-order valence-electron chi connectivity index (χ1n) is 8.28. The van der Waals surface area contributed by atoms with Crippen LogP contribution < -0.4 is 5.32 Å². The SMILES string of the molecule is CCCCCc1nnc(NC(=O)c2c[nH]c(=S)n2-c2ccc(F)cc2)s1. The number of H-pyrrole nitrogens is 1. The molecular formula is C17H18FN5OS2. The smallest absolute Gasteiger partial charge is 0.276 e. The first-order chi connectivity index (χ1) is 12.6. The van der Waals surface area contributed by atoms with E-state index < -0.39 is 0 Å². The summed E-state index contributed by atoms with van der Waals surface area (Å²) in [4.78, 5) is 15.5. The molecule has 0 bridgehead atoms. The lowest BCUT2D eigenvalue weighted by Crippen LogP contribution is -2.16. The minimum Gasteiger partial charge on any atom is -0.336 e. The van der Waals surface area contributed by atoms with E-state index >= 15 is 0 Å². The Morgan fingerprint density at radius 3 is 2.81 bits per heavy atom. The molecule has 3 aromatic rings. The van der Waals surface area contributed by atoms with Gasteiger partial charge < -0.3 is 4.98 Å². The molecule has 0 saturated carbocycles. The maximum Gasteiger partial charge on any atom is 0.276 e. The number of hydrogen-bond acceptors (Lipinski definition) is 5. The molecule has 9 heteroatoms. The van der Waals surface area contributed by atoms with E-state index in [1.165, 1.54) is 29.7 Å². The van der Waals surface area contributed by atoms with Gasteiger partial charge in [0.25, 0.3) is 5.91 Å². The van der Waals surface area contributed by atoms with Crippen molar-refractivity contribution in [3.63, 3.8) is 0 Å². The fourth-order valence-corrected chi connectivity index (χ4v) is 3.51. The van der Waals surface area contributed by atoms with Crippen LogP contribution in [0.3, 0.4) is 0 Å². The lowest BCUT2D eigenvalue weighted by molar-refractivity contribution is 0.102. The number of amides is 1. The lowest BCUT2D eigenvalue weighted by Gasteiger charge is -2.07. The van der Waals surface area contributed by atoms with Gasteiger partial charge in [0.05, 0.1) is 0 Å². The second kappa shape index (κ2) is 8.33. The van der Waals surface area contributed by atoms with Crippen molar-refractivity contribution < 1.29 is 9.18 Å². The van der Waals surface area contributed by atoms with Gasteiger partial charge >= 0.3 is 0 Å². The maximum absolute atomic E-state index is 13.2. The molecule has 0 aliphatic carbocycles. The number of halogens is 1. The van der Waals surface area contributed by atoms with Crippen molar-refractivity contribution in [2.24, 2.45) is 0 Å². The summed E-state index contributed by atoms with van der Waals surface area (Å²) < 4.78 is 15.0. The van der Waals surface area contributed by atoms with Crippen molar-refractivity contribution in [3.05, 3.63) is 51.8 Å². The third-order valence-electron chi connectivity index (χ3n) is 3.78. The van der Waals surface area contributed by atoms with Crippen LogP contribution in [-0.2, 0) is 6.42 Å². The zero-order chi connectivity index (χ0) is 18.5. The summed E-state index contributed by atoms with van der Waals surface area (Å²) in [6.45, 7) is 2.15. The van der Waals surface area contributed by atoms with E-state index in [-0.39, 0.29) is 11.7 Å². The predicted molar refractivity (Wildman–Crippen MR) is 102 cm³/mol. The van der Waals surface area contributed by atoms with E-state index in [1.807, 2.05) is 0 Å². The second-order valence-electron chi connectivity index (χ2n) is 5.70. The van der Waals surface area contributed by atoms with Crippen LogP contribution in [0.25, 0.3) is 5.69 Å². The summed E-state index contributed by atoms with van der Waals surface area (Å²) in [5, 5.41) is 12.2. The Morgan fingerprint density at radius 2 is 2.08 bits per heavy atom. The molecule has 0 fully saturated rings. The van der Waals surface area contributed by atoms with Crippen LogP contribution in [-0.4, -0.2) is 25.7 Å². The fourth-order valence-electron chi connectivity index (χ4n) is 2.47. The van der Waals surface area contributed by atoms with E-state index in [4.69, 9.17) is 12.2 Å². The number of unbranched alkanes of at least 4 members (excludes halogenated alkanes) is 2. The molecule has 2 heterocycles. The maximum atomic E-state index is 13.2. The predicted octanol–water partition coefficient (Wildman–Crippen LogP) is 4.51. The standard InChI is InChI=1S/C17H18FN5OS2/c1-2-3-4-5-14-21-22-16(26-14)20-15(24)13-10-19-17(25)23(13)12-8-6-11(18)7-9-12/h6-10H,2-5H2,1H3,(H,19,25)(H,20,22,24).